The number of rotatable bonds is 5. The molecule has 0 amide bonds. The largest absolute Gasteiger partial charge is 0.355 e. The first kappa shape index (κ1) is 15.7. The van der Waals surface area contributed by atoms with E-state index in [1.165, 1.54) is 5.56 Å². The highest BCUT2D eigenvalue weighted by atomic mass is 15.2. The van der Waals surface area contributed by atoms with Gasteiger partial charge in [0.25, 0.3) is 0 Å². The molecule has 0 spiro atoms. The van der Waals surface area contributed by atoms with Gasteiger partial charge >= 0.3 is 0 Å². The van der Waals surface area contributed by atoms with Gasteiger partial charge in [0.2, 0.25) is 5.95 Å². The molecule has 6 heteroatoms. The van der Waals surface area contributed by atoms with Crippen molar-refractivity contribution < 1.29 is 0 Å². The Balaban J connectivity index is 1.60. The Labute approximate surface area is 136 Å². The van der Waals surface area contributed by atoms with E-state index in [9.17, 15) is 0 Å². The highest BCUT2D eigenvalue weighted by molar-refractivity contribution is 5.44. The van der Waals surface area contributed by atoms with Crippen molar-refractivity contribution in [3.63, 3.8) is 0 Å². The van der Waals surface area contributed by atoms with E-state index in [4.69, 9.17) is 11.5 Å². The lowest BCUT2D eigenvalue weighted by molar-refractivity contribution is 0.750. The minimum Gasteiger partial charge on any atom is -0.355 e. The zero-order valence-corrected chi connectivity index (χ0v) is 13.4. The zero-order chi connectivity index (χ0) is 16.2. The van der Waals surface area contributed by atoms with E-state index >= 15 is 0 Å². The van der Waals surface area contributed by atoms with Gasteiger partial charge in [0.05, 0.1) is 0 Å². The van der Waals surface area contributed by atoms with Gasteiger partial charge in [-0.05, 0) is 25.0 Å². The summed E-state index contributed by atoms with van der Waals surface area (Å²) in [6, 6.07) is 10.3. The normalized spacial score (nSPS) is 18.9. The van der Waals surface area contributed by atoms with Gasteiger partial charge < -0.3 is 21.7 Å². The van der Waals surface area contributed by atoms with Gasteiger partial charge in [-0.3, -0.25) is 0 Å². The molecule has 23 heavy (non-hydrogen) atoms. The second-order valence-corrected chi connectivity index (χ2v) is 6.13. The van der Waals surface area contributed by atoms with E-state index in [0.717, 1.165) is 30.9 Å². The summed E-state index contributed by atoms with van der Waals surface area (Å²) < 4.78 is 0. The number of aryl methyl sites for hydroxylation is 1. The summed E-state index contributed by atoms with van der Waals surface area (Å²) in [5.41, 5.74) is 14.5. The Kier molecular flexibility index (Phi) is 4.73. The summed E-state index contributed by atoms with van der Waals surface area (Å²) in [5, 5.41) is 3.23. The second-order valence-electron chi connectivity index (χ2n) is 6.13. The minimum absolute atomic E-state index is 0.0944. The van der Waals surface area contributed by atoms with Crippen molar-refractivity contribution in [2.75, 3.05) is 29.9 Å². The van der Waals surface area contributed by atoms with E-state index in [2.05, 4.69) is 51.4 Å². The summed E-state index contributed by atoms with van der Waals surface area (Å²) in [6.45, 7) is 4.45. The smallest absolute Gasteiger partial charge is 0.224 e. The van der Waals surface area contributed by atoms with Crippen LogP contribution in [0, 0.1) is 6.92 Å². The number of anilines is 2. The van der Waals surface area contributed by atoms with Gasteiger partial charge in [0.15, 0.2) is 0 Å². The predicted molar refractivity (Wildman–Crippen MR) is 93.4 cm³/mol. The molecule has 2 unspecified atom stereocenters. The minimum atomic E-state index is -0.0944. The van der Waals surface area contributed by atoms with E-state index in [-0.39, 0.29) is 12.1 Å². The Hall–Kier alpha value is -2.18. The molecule has 2 aromatic rings. The summed E-state index contributed by atoms with van der Waals surface area (Å²) in [5.74, 6) is 1.52. The lowest BCUT2D eigenvalue weighted by Gasteiger charge is -2.18. The van der Waals surface area contributed by atoms with Crippen molar-refractivity contribution in [2.45, 2.75) is 25.4 Å². The van der Waals surface area contributed by atoms with Gasteiger partial charge in [0, 0.05) is 37.9 Å². The topological polar surface area (TPSA) is 93.1 Å². The second kappa shape index (κ2) is 6.93. The number of nitrogens with zero attached hydrogens (tertiary/aromatic N) is 3. The zero-order valence-electron chi connectivity index (χ0n) is 13.4. The fourth-order valence-electron chi connectivity index (χ4n) is 2.74. The molecule has 1 aliphatic heterocycles. The number of aromatic nitrogens is 2. The van der Waals surface area contributed by atoms with Crippen LogP contribution in [0.4, 0.5) is 11.8 Å². The van der Waals surface area contributed by atoms with E-state index in [0.29, 0.717) is 12.5 Å². The van der Waals surface area contributed by atoms with Crippen LogP contribution >= 0.6 is 0 Å². The third kappa shape index (κ3) is 3.97. The van der Waals surface area contributed by atoms with Gasteiger partial charge in [-0.15, -0.1) is 0 Å². The first-order valence-electron chi connectivity index (χ1n) is 8.01. The monoisotopic (exact) mass is 312 g/mol. The van der Waals surface area contributed by atoms with Gasteiger partial charge in [0.1, 0.15) is 5.82 Å². The lowest BCUT2D eigenvalue weighted by Crippen LogP contribution is -2.27. The van der Waals surface area contributed by atoms with Gasteiger partial charge in [-0.25, -0.2) is 4.98 Å². The first-order chi connectivity index (χ1) is 11.1. The number of benzene rings is 1. The third-order valence-electron chi connectivity index (χ3n) is 4.18. The Morgan fingerprint density at radius 2 is 2.09 bits per heavy atom. The molecule has 1 aromatic heterocycles. The molecule has 3 rings (SSSR count). The SMILES string of the molecule is Cc1ccc(C(N)CNc2nccc(N3CCC(N)C3)n2)cc1. The molecule has 0 bridgehead atoms. The van der Waals surface area contributed by atoms with Crippen molar-refractivity contribution in [3.05, 3.63) is 47.7 Å². The van der Waals surface area contributed by atoms with Crippen LogP contribution in [0.5, 0.6) is 0 Å². The van der Waals surface area contributed by atoms with Crippen LogP contribution in [0.1, 0.15) is 23.6 Å². The highest BCUT2D eigenvalue weighted by Gasteiger charge is 2.20. The van der Waals surface area contributed by atoms with E-state index < -0.39 is 0 Å². The molecule has 1 aromatic carbocycles. The molecule has 1 fully saturated rings. The maximum atomic E-state index is 6.23. The number of hydrogen-bond acceptors (Lipinski definition) is 6. The molecule has 1 saturated heterocycles. The van der Waals surface area contributed by atoms with Crippen molar-refractivity contribution >= 4 is 11.8 Å². The van der Waals surface area contributed by atoms with Crippen molar-refractivity contribution in [1.82, 2.24) is 9.97 Å². The molecule has 2 heterocycles. The van der Waals surface area contributed by atoms with Crippen LogP contribution in [0.25, 0.3) is 0 Å². The fraction of sp³-hybridized carbons (Fsp3) is 0.412. The third-order valence-corrected chi connectivity index (χ3v) is 4.18. The first-order valence-corrected chi connectivity index (χ1v) is 8.01. The molecule has 122 valence electrons. The Morgan fingerprint density at radius 3 is 2.78 bits per heavy atom. The Morgan fingerprint density at radius 1 is 1.30 bits per heavy atom. The molecule has 0 aliphatic carbocycles. The number of hydrogen-bond donors (Lipinski definition) is 3. The molecule has 0 radical (unpaired) electrons. The number of nitrogens with two attached hydrogens (primary N) is 2. The molecular weight excluding hydrogens is 288 g/mol. The van der Waals surface area contributed by atoms with Crippen LogP contribution in [-0.2, 0) is 0 Å². The maximum absolute atomic E-state index is 6.23. The lowest BCUT2D eigenvalue weighted by atomic mass is 10.1. The maximum Gasteiger partial charge on any atom is 0.224 e. The molecule has 0 saturated carbocycles. The molecule has 1 aliphatic rings. The van der Waals surface area contributed by atoms with Crippen LogP contribution < -0.4 is 21.7 Å². The van der Waals surface area contributed by atoms with Crippen LogP contribution in [0.2, 0.25) is 0 Å². The van der Waals surface area contributed by atoms with Gasteiger partial charge in [-0.1, -0.05) is 29.8 Å². The standard InChI is InChI=1S/C17H24N6/c1-12-2-4-13(5-3-12)15(19)10-21-17-20-8-6-16(22-17)23-9-7-14(18)11-23/h2-6,8,14-15H,7,9-11,18-19H2,1H3,(H,20,21,22). The summed E-state index contributed by atoms with van der Waals surface area (Å²) in [4.78, 5) is 11.0. The van der Waals surface area contributed by atoms with Crippen LogP contribution in [0.15, 0.2) is 36.5 Å². The van der Waals surface area contributed by atoms with Gasteiger partial charge in [-0.2, -0.15) is 4.98 Å². The summed E-state index contributed by atoms with van der Waals surface area (Å²) in [7, 11) is 0. The van der Waals surface area contributed by atoms with Crippen molar-refractivity contribution in [1.29, 1.82) is 0 Å². The fourth-order valence-corrected chi connectivity index (χ4v) is 2.74. The van der Waals surface area contributed by atoms with Crippen molar-refractivity contribution in [3.8, 4) is 0 Å². The predicted octanol–water partition coefficient (Wildman–Crippen LogP) is 1.43. The Bertz CT molecular complexity index is 642. The highest BCUT2D eigenvalue weighted by Crippen LogP contribution is 2.18. The average molecular weight is 312 g/mol. The summed E-state index contributed by atoms with van der Waals surface area (Å²) >= 11 is 0. The molecule has 2 atom stereocenters. The quantitative estimate of drug-likeness (QED) is 0.773. The van der Waals surface area contributed by atoms with Crippen molar-refractivity contribution in [2.24, 2.45) is 11.5 Å². The molecule has 5 N–H and O–H groups in total. The number of nitrogens with one attached hydrogen (secondary N) is 1. The summed E-state index contributed by atoms with van der Waals surface area (Å²) in [6.07, 6.45) is 2.77. The van der Waals surface area contributed by atoms with Crippen LogP contribution in [0.3, 0.4) is 0 Å². The van der Waals surface area contributed by atoms with Crippen LogP contribution in [-0.4, -0.2) is 35.6 Å². The van der Waals surface area contributed by atoms with E-state index in [1.54, 1.807) is 6.20 Å². The average Bonchev–Trinajstić information content (AvgIpc) is 3.00. The van der Waals surface area contributed by atoms with E-state index in [1.807, 2.05) is 6.07 Å². The molecular formula is C17H24N6. The molecule has 6 nitrogen and oxygen atoms in total.